The largest absolute Gasteiger partial charge is 0.496 e. The lowest BCUT2D eigenvalue weighted by Gasteiger charge is -2.12. The molecule has 4 aromatic rings. The van der Waals surface area contributed by atoms with E-state index < -0.39 is 23.5 Å². The van der Waals surface area contributed by atoms with Crippen molar-refractivity contribution in [2.24, 2.45) is 0 Å². The Bertz CT molecular complexity index is 1390. The molecule has 1 amide bonds. The molecule has 4 nitrogen and oxygen atoms in total. The highest BCUT2D eigenvalue weighted by Crippen LogP contribution is 2.37. The molecule has 0 aliphatic rings. The number of furan rings is 1. The zero-order valence-electron chi connectivity index (χ0n) is 18.2. The van der Waals surface area contributed by atoms with Crippen LogP contribution in [0.3, 0.4) is 0 Å². The minimum Gasteiger partial charge on any atom is -0.496 e. The van der Waals surface area contributed by atoms with Crippen molar-refractivity contribution in [2.75, 3.05) is 12.4 Å². The SMILES string of the molecule is COc1cc2occ(-c3ccccc3)c2cc1/C(C)=C/C(=O)Nc1ccc(F)c(C(F)(F)F)c1. The molecule has 0 spiro atoms. The molecule has 1 N–H and O–H groups in total. The van der Waals surface area contributed by atoms with Crippen LogP contribution in [0.2, 0.25) is 0 Å². The Kier molecular flexibility index (Phi) is 6.15. The number of nitrogens with one attached hydrogen (secondary N) is 1. The monoisotopic (exact) mass is 469 g/mol. The van der Waals surface area contributed by atoms with Crippen LogP contribution in [0.1, 0.15) is 18.1 Å². The van der Waals surface area contributed by atoms with Crippen LogP contribution in [0.15, 0.2) is 77.4 Å². The summed E-state index contributed by atoms with van der Waals surface area (Å²) in [5.74, 6) is -1.62. The van der Waals surface area contributed by atoms with E-state index in [2.05, 4.69) is 5.32 Å². The number of alkyl halides is 3. The van der Waals surface area contributed by atoms with Gasteiger partial charge in [-0.25, -0.2) is 4.39 Å². The Labute approximate surface area is 192 Å². The number of rotatable bonds is 5. The molecule has 4 rings (SSSR count). The normalized spacial score (nSPS) is 12.1. The summed E-state index contributed by atoms with van der Waals surface area (Å²) in [6.45, 7) is 1.68. The van der Waals surface area contributed by atoms with Gasteiger partial charge in [0.05, 0.1) is 18.9 Å². The third-order valence-corrected chi connectivity index (χ3v) is 5.29. The molecular weight excluding hydrogens is 450 g/mol. The lowest BCUT2D eigenvalue weighted by atomic mass is 9.99. The topological polar surface area (TPSA) is 51.5 Å². The number of fused-ring (bicyclic) bond motifs is 1. The van der Waals surface area contributed by atoms with Gasteiger partial charge in [-0.1, -0.05) is 30.3 Å². The molecule has 0 aliphatic carbocycles. The second kappa shape index (κ2) is 9.05. The summed E-state index contributed by atoms with van der Waals surface area (Å²) in [6.07, 6.45) is -2.00. The van der Waals surface area contributed by atoms with Gasteiger partial charge < -0.3 is 14.5 Å². The number of ether oxygens (including phenoxy) is 1. The van der Waals surface area contributed by atoms with Crippen molar-refractivity contribution in [2.45, 2.75) is 13.1 Å². The molecule has 0 atom stereocenters. The van der Waals surface area contributed by atoms with Gasteiger partial charge in [0.25, 0.3) is 0 Å². The van der Waals surface area contributed by atoms with Crippen LogP contribution >= 0.6 is 0 Å². The van der Waals surface area contributed by atoms with Gasteiger partial charge in [0.2, 0.25) is 5.91 Å². The molecule has 0 aliphatic heterocycles. The number of carbonyl (C=O) groups excluding carboxylic acids is 1. The number of anilines is 1. The predicted molar refractivity (Wildman–Crippen MR) is 122 cm³/mol. The van der Waals surface area contributed by atoms with E-state index in [4.69, 9.17) is 9.15 Å². The first-order valence-corrected chi connectivity index (χ1v) is 10.2. The van der Waals surface area contributed by atoms with E-state index in [1.807, 2.05) is 36.4 Å². The van der Waals surface area contributed by atoms with E-state index >= 15 is 0 Å². The number of benzene rings is 3. The van der Waals surface area contributed by atoms with Crippen molar-refractivity contribution in [3.05, 3.63) is 89.9 Å². The standard InChI is InChI=1S/C26H19F4NO3/c1-15(10-25(32)31-17-8-9-22(27)21(11-17)26(28,29)30)18-12-19-20(16-6-4-3-5-7-16)14-34-24(19)13-23(18)33-2/h3-14H,1-2H3,(H,31,32)/b15-10+. The molecule has 1 aromatic heterocycles. The summed E-state index contributed by atoms with van der Waals surface area (Å²) in [4.78, 5) is 12.5. The molecule has 1 heterocycles. The molecule has 0 radical (unpaired) electrons. The molecule has 3 aromatic carbocycles. The molecule has 8 heteroatoms. The van der Waals surface area contributed by atoms with Gasteiger partial charge in [-0.05, 0) is 42.3 Å². The van der Waals surface area contributed by atoms with E-state index in [1.54, 1.807) is 19.3 Å². The number of hydrogen-bond acceptors (Lipinski definition) is 3. The van der Waals surface area contributed by atoms with Crippen LogP contribution in [0, 0.1) is 5.82 Å². The molecule has 174 valence electrons. The fraction of sp³-hybridized carbons (Fsp3) is 0.115. The Hall–Kier alpha value is -4.07. The molecular formula is C26H19F4NO3. The van der Waals surface area contributed by atoms with E-state index in [9.17, 15) is 22.4 Å². The molecule has 0 saturated carbocycles. The summed E-state index contributed by atoms with van der Waals surface area (Å²) < 4.78 is 63.5. The average molecular weight is 469 g/mol. The first kappa shape index (κ1) is 23.1. The number of amides is 1. The van der Waals surface area contributed by atoms with Gasteiger partial charge >= 0.3 is 6.18 Å². The maximum atomic E-state index is 13.5. The summed E-state index contributed by atoms with van der Waals surface area (Å²) in [5, 5.41) is 3.16. The number of carbonyl (C=O) groups is 1. The Balaban J connectivity index is 1.67. The smallest absolute Gasteiger partial charge is 0.419 e. The predicted octanol–water partition coefficient (Wildman–Crippen LogP) is 7.31. The van der Waals surface area contributed by atoms with Crippen LogP contribution in [0.4, 0.5) is 23.2 Å². The first-order valence-electron chi connectivity index (χ1n) is 10.2. The van der Waals surface area contributed by atoms with Crippen molar-refractivity contribution >= 4 is 28.1 Å². The van der Waals surface area contributed by atoms with Gasteiger partial charge in [0.1, 0.15) is 17.1 Å². The van der Waals surface area contributed by atoms with Crippen molar-refractivity contribution in [3.8, 4) is 16.9 Å². The lowest BCUT2D eigenvalue weighted by molar-refractivity contribution is -0.140. The quantitative estimate of drug-likeness (QED) is 0.246. The molecule has 0 unspecified atom stereocenters. The van der Waals surface area contributed by atoms with Crippen LogP contribution in [0.25, 0.3) is 27.7 Å². The number of halogens is 4. The van der Waals surface area contributed by atoms with Gasteiger partial charge in [-0.15, -0.1) is 0 Å². The minimum absolute atomic E-state index is 0.175. The second-order valence-electron chi connectivity index (χ2n) is 7.57. The summed E-state index contributed by atoms with van der Waals surface area (Å²) in [6, 6.07) is 15.4. The van der Waals surface area contributed by atoms with E-state index in [1.165, 1.54) is 13.2 Å². The summed E-state index contributed by atoms with van der Waals surface area (Å²) in [7, 11) is 1.48. The van der Waals surface area contributed by atoms with E-state index in [0.717, 1.165) is 22.6 Å². The van der Waals surface area contributed by atoms with E-state index in [-0.39, 0.29) is 5.69 Å². The highest BCUT2D eigenvalue weighted by atomic mass is 19.4. The Morgan fingerprint density at radius 1 is 1.06 bits per heavy atom. The zero-order chi connectivity index (χ0) is 24.5. The van der Waals surface area contributed by atoms with Gasteiger partial charge in [-0.3, -0.25) is 4.79 Å². The highest BCUT2D eigenvalue weighted by Gasteiger charge is 2.34. The fourth-order valence-corrected chi connectivity index (χ4v) is 3.65. The maximum absolute atomic E-state index is 13.5. The van der Waals surface area contributed by atoms with Gasteiger partial charge in [0.15, 0.2) is 0 Å². The Morgan fingerprint density at radius 2 is 1.79 bits per heavy atom. The van der Waals surface area contributed by atoms with Crippen LogP contribution < -0.4 is 10.1 Å². The lowest BCUT2D eigenvalue weighted by Crippen LogP contribution is -2.12. The number of hydrogen-bond donors (Lipinski definition) is 1. The highest BCUT2D eigenvalue weighted by molar-refractivity contribution is 6.05. The molecule has 0 fully saturated rings. The first-order chi connectivity index (χ1) is 16.2. The van der Waals surface area contributed by atoms with Crippen LogP contribution in [0.5, 0.6) is 5.75 Å². The molecule has 34 heavy (non-hydrogen) atoms. The van der Waals surface area contributed by atoms with Crippen LogP contribution in [-0.2, 0) is 11.0 Å². The number of allylic oxidation sites excluding steroid dienone is 1. The summed E-state index contributed by atoms with van der Waals surface area (Å²) >= 11 is 0. The fourth-order valence-electron chi connectivity index (χ4n) is 3.65. The third-order valence-electron chi connectivity index (χ3n) is 5.29. The number of methoxy groups -OCH3 is 1. The zero-order valence-corrected chi connectivity index (χ0v) is 18.2. The van der Waals surface area contributed by atoms with Gasteiger partial charge in [-0.2, -0.15) is 13.2 Å². The van der Waals surface area contributed by atoms with Gasteiger partial charge in [0, 0.05) is 34.3 Å². The van der Waals surface area contributed by atoms with Crippen molar-refractivity contribution in [1.82, 2.24) is 0 Å². The summed E-state index contributed by atoms with van der Waals surface area (Å²) in [5.41, 5.74) is 1.91. The second-order valence-corrected chi connectivity index (χ2v) is 7.57. The van der Waals surface area contributed by atoms with Crippen molar-refractivity contribution in [1.29, 1.82) is 0 Å². The average Bonchev–Trinajstić information content (AvgIpc) is 3.22. The molecule has 0 bridgehead atoms. The molecule has 0 saturated heterocycles. The third kappa shape index (κ3) is 4.66. The maximum Gasteiger partial charge on any atom is 0.419 e. The minimum atomic E-state index is -4.87. The van der Waals surface area contributed by atoms with Crippen LogP contribution in [-0.4, -0.2) is 13.0 Å². The Morgan fingerprint density at radius 3 is 2.47 bits per heavy atom. The van der Waals surface area contributed by atoms with Crippen molar-refractivity contribution < 1.29 is 31.5 Å². The van der Waals surface area contributed by atoms with Crippen molar-refractivity contribution in [3.63, 3.8) is 0 Å². The van der Waals surface area contributed by atoms with E-state index in [0.29, 0.717) is 34.6 Å².